The Morgan fingerprint density at radius 2 is 1.71 bits per heavy atom. The molecule has 120 valence electrons. The van der Waals surface area contributed by atoms with Gasteiger partial charge in [-0.3, -0.25) is 14.5 Å². The van der Waals surface area contributed by atoms with Crippen LogP contribution in [0, 0.1) is 5.92 Å². The van der Waals surface area contributed by atoms with Crippen LogP contribution in [0.2, 0.25) is 0 Å². The Balaban J connectivity index is 1.75. The highest BCUT2D eigenvalue weighted by Crippen LogP contribution is 2.27. The van der Waals surface area contributed by atoms with Crippen LogP contribution < -0.4 is 0 Å². The number of ether oxygens (including phenoxy) is 1. The number of carbonyl (C=O) groups is 2. The molecule has 1 saturated carbocycles. The molecule has 0 aromatic rings. The topological polar surface area (TPSA) is 49.9 Å². The Bertz CT molecular complexity index is 359. The minimum atomic E-state index is -0.217. The van der Waals surface area contributed by atoms with E-state index in [4.69, 9.17) is 4.74 Å². The lowest BCUT2D eigenvalue weighted by Gasteiger charge is -2.37. The number of piperazine rings is 1. The molecule has 0 aromatic heterocycles. The standard InChI is InChI=1S/C16H28N2O3/c1-13(16(20)21-2)17-8-10-18(11-9-17)15(19)12-14-6-4-3-5-7-14/h13-14H,3-12H2,1-2H3/t13-/m1/s1. The van der Waals surface area contributed by atoms with Gasteiger partial charge in [-0.2, -0.15) is 0 Å². The highest BCUT2D eigenvalue weighted by atomic mass is 16.5. The molecule has 0 spiro atoms. The molecule has 0 N–H and O–H groups in total. The maximum atomic E-state index is 12.3. The molecule has 0 radical (unpaired) electrons. The van der Waals surface area contributed by atoms with Crippen molar-refractivity contribution in [2.45, 2.75) is 51.5 Å². The number of carbonyl (C=O) groups excluding carboxylic acids is 2. The molecule has 0 bridgehead atoms. The van der Waals surface area contributed by atoms with Crippen molar-refractivity contribution in [3.8, 4) is 0 Å². The van der Waals surface area contributed by atoms with E-state index in [-0.39, 0.29) is 12.0 Å². The van der Waals surface area contributed by atoms with Crippen LogP contribution in [0.1, 0.15) is 45.4 Å². The van der Waals surface area contributed by atoms with Gasteiger partial charge >= 0.3 is 5.97 Å². The van der Waals surface area contributed by atoms with Crippen molar-refractivity contribution in [2.75, 3.05) is 33.3 Å². The van der Waals surface area contributed by atoms with Crippen molar-refractivity contribution < 1.29 is 14.3 Å². The third-order valence-corrected chi connectivity index (χ3v) is 4.95. The highest BCUT2D eigenvalue weighted by molar-refractivity contribution is 5.77. The zero-order chi connectivity index (χ0) is 15.2. The van der Waals surface area contributed by atoms with E-state index in [1.165, 1.54) is 39.2 Å². The highest BCUT2D eigenvalue weighted by Gasteiger charge is 2.28. The van der Waals surface area contributed by atoms with Gasteiger partial charge in [0.25, 0.3) is 0 Å². The Morgan fingerprint density at radius 3 is 2.29 bits per heavy atom. The van der Waals surface area contributed by atoms with Crippen molar-refractivity contribution in [2.24, 2.45) is 5.92 Å². The fourth-order valence-corrected chi connectivity index (χ4v) is 3.45. The van der Waals surface area contributed by atoms with Crippen molar-refractivity contribution in [3.63, 3.8) is 0 Å². The second-order valence-corrected chi connectivity index (χ2v) is 6.32. The Hall–Kier alpha value is -1.10. The summed E-state index contributed by atoms with van der Waals surface area (Å²) in [6.45, 7) is 4.84. The van der Waals surface area contributed by atoms with Crippen LogP contribution in [0.3, 0.4) is 0 Å². The summed E-state index contributed by atoms with van der Waals surface area (Å²) in [6.07, 6.45) is 7.03. The quantitative estimate of drug-likeness (QED) is 0.740. The van der Waals surface area contributed by atoms with Gasteiger partial charge in [0.1, 0.15) is 6.04 Å². The van der Waals surface area contributed by atoms with Crippen molar-refractivity contribution >= 4 is 11.9 Å². The van der Waals surface area contributed by atoms with Gasteiger partial charge in [-0.05, 0) is 25.7 Å². The number of nitrogens with zero attached hydrogens (tertiary/aromatic N) is 2. The van der Waals surface area contributed by atoms with Crippen molar-refractivity contribution in [1.82, 2.24) is 9.80 Å². The molecule has 2 aliphatic rings. The first-order chi connectivity index (χ1) is 10.1. The molecule has 5 heteroatoms. The van der Waals surface area contributed by atoms with Gasteiger partial charge in [0.2, 0.25) is 5.91 Å². The minimum Gasteiger partial charge on any atom is -0.468 e. The van der Waals surface area contributed by atoms with E-state index in [2.05, 4.69) is 4.90 Å². The molecule has 1 aliphatic heterocycles. The van der Waals surface area contributed by atoms with Crippen LogP contribution in [0.15, 0.2) is 0 Å². The zero-order valence-corrected chi connectivity index (χ0v) is 13.3. The molecule has 1 aliphatic carbocycles. The van der Waals surface area contributed by atoms with E-state index in [1.54, 1.807) is 0 Å². The summed E-state index contributed by atoms with van der Waals surface area (Å²) in [5.74, 6) is 0.697. The molecule has 5 nitrogen and oxygen atoms in total. The average molecular weight is 296 g/mol. The molecule has 21 heavy (non-hydrogen) atoms. The minimum absolute atomic E-state index is 0.197. The summed E-state index contributed by atoms with van der Waals surface area (Å²) in [6, 6.07) is -0.217. The predicted molar refractivity (Wildman–Crippen MR) is 80.8 cm³/mol. The van der Waals surface area contributed by atoms with Crippen molar-refractivity contribution in [3.05, 3.63) is 0 Å². The first-order valence-corrected chi connectivity index (χ1v) is 8.21. The van der Waals surface area contributed by atoms with Crippen LogP contribution in [0.25, 0.3) is 0 Å². The number of rotatable bonds is 4. The molecule has 1 heterocycles. The molecule has 0 unspecified atom stereocenters. The van der Waals surface area contributed by atoms with E-state index < -0.39 is 0 Å². The molecule has 1 saturated heterocycles. The molecule has 0 aromatic carbocycles. The Kier molecular flexibility index (Phi) is 6.03. The van der Waals surface area contributed by atoms with E-state index in [0.29, 0.717) is 18.2 Å². The summed E-state index contributed by atoms with van der Waals surface area (Å²) >= 11 is 0. The fourth-order valence-electron chi connectivity index (χ4n) is 3.45. The molecule has 2 rings (SSSR count). The smallest absolute Gasteiger partial charge is 0.322 e. The predicted octanol–water partition coefficient (Wildman–Crippen LogP) is 1.66. The molecule has 1 amide bonds. The SMILES string of the molecule is COC(=O)[C@@H](C)N1CCN(C(=O)CC2CCCCC2)CC1. The zero-order valence-electron chi connectivity index (χ0n) is 13.3. The molecule has 1 atom stereocenters. The second kappa shape index (κ2) is 7.78. The Labute approximate surface area is 127 Å². The largest absolute Gasteiger partial charge is 0.468 e. The van der Waals surface area contributed by atoms with Crippen LogP contribution in [-0.2, 0) is 14.3 Å². The summed E-state index contributed by atoms with van der Waals surface area (Å²) in [5, 5.41) is 0. The van der Waals surface area contributed by atoms with Crippen LogP contribution in [-0.4, -0.2) is 61.0 Å². The third-order valence-electron chi connectivity index (χ3n) is 4.95. The van der Waals surface area contributed by atoms with Gasteiger partial charge in [0.05, 0.1) is 7.11 Å². The third kappa shape index (κ3) is 4.43. The lowest BCUT2D eigenvalue weighted by molar-refractivity contribution is -0.147. The number of hydrogen-bond acceptors (Lipinski definition) is 4. The summed E-state index contributed by atoms with van der Waals surface area (Å²) in [5.41, 5.74) is 0. The van der Waals surface area contributed by atoms with E-state index >= 15 is 0 Å². The molecule has 2 fully saturated rings. The van der Waals surface area contributed by atoms with Gasteiger partial charge < -0.3 is 9.64 Å². The summed E-state index contributed by atoms with van der Waals surface area (Å²) < 4.78 is 4.78. The number of amides is 1. The van der Waals surface area contributed by atoms with Crippen LogP contribution >= 0.6 is 0 Å². The lowest BCUT2D eigenvalue weighted by atomic mass is 9.86. The lowest BCUT2D eigenvalue weighted by Crippen LogP contribution is -2.53. The van der Waals surface area contributed by atoms with Gasteiger partial charge in [0, 0.05) is 32.6 Å². The maximum absolute atomic E-state index is 12.3. The maximum Gasteiger partial charge on any atom is 0.322 e. The van der Waals surface area contributed by atoms with Crippen LogP contribution in [0.4, 0.5) is 0 Å². The average Bonchev–Trinajstić information content (AvgIpc) is 2.54. The molecular weight excluding hydrogens is 268 g/mol. The summed E-state index contributed by atoms with van der Waals surface area (Å²) in [7, 11) is 1.42. The van der Waals surface area contributed by atoms with E-state index in [0.717, 1.165) is 26.2 Å². The molecular formula is C16H28N2O3. The van der Waals surface area contributed by atoms with Crippen molar-refractivity contribution in [1.29, 1.82) is 0 Å². The Morgan fingerprint density at radius 1 is 1.10 bits per heavy atom. The summed E-state index contributed by atoms with van der Waals surface area (Å²) in [4.78, 5) is 28.0. The number of methoxy groups -OCH3 is 1. The van der Waals surface area contributed by atoms with Gasteiger partial charge in [-0.15, -0.1) is 0 Å². The fraction of sp³-hybridized carbons (Fsp3) is 0.875. The first-order valence-electron chi connectivity index (χ1n) is 8.21. The van der Waals surface area contributed by atoms with E-state index in [9.17, 15) is 9.59 Å². The normalized spacial score (nSPS) is 22.9. The van der Waals surface area contributed by atoms with Gasteiger partial charge in [0.15, 0.2) is 0 Å². The number of esters is 1. The van der Waals surface area contributed by atoms with Gasteiger partial charge in [-0.1, -0.05) is 19.3 Å². The van der Waals surface area contributed by atoms with Gasteiger partial charge in [-0.25, -0.2) is 0 Å². The van der Waals surface area contributed by atoms with E-state index in [1.807, 2.05) is 11.8 Å². The second-order valence-electron chi connectivity index (χ2n) is 6.32. The monoisotopic (exact) mass is 296 g/mol. The number of hydrogen-bond donors (Lipinski definition) is 0. The first kappa shape index (κ1) is 16.3. The van der Waals surface area contributed by atoms with Crippen LogP contribution in [0.5, 0.6) is 0 Å².